The van der Waals surface area contributed by atoms with Gasteiger partial charge in [-0.25, -0.2) is 0 Å². The standard InChI is InChI=1S/C11H25NO/c1-4-6-7-9-12(8-5-2)10-11(3)13/h11,13H,4-10H2,1-3H3. The number of aliphatic hydroxyl groups is 1. The molecular formula is C11H25NO. The highest BCUT2D eigenvalue weighted by Crippen LogP contribution is 2.00. The molecule has 0 rings (SSSR count). The third-order valence-corrected chi connectivity index (χ3v) is 2.14. The minimum Gasteiger partial charge on any atom is -0.392 e. The van der Waals surface area contributed by atoms with E-state index in [2.05, 4.69) is 18.7 Å². The smallest absolute Gasteiger partial charge is 0.0639 e. The maximum absolute atomic E-state index is 9.26. The molecule has 0 saturated heterocycles. The van der Waals surface area contributed by atoms with Crippen LogP contribution in [0.5, 0.6) is 0 Å². The van der Waals surface area contributed by atoms with Crippen LogP contribution in [0, 0.1) is 0 Å². The highest BCUT2D eigenvalue weighted by molar-refractivity contribution is 4.60. The SMILES string of the molecule is CCCCCN(CCC)CC(C)O. The van der Waals surface area contributed by atoms with Crippen molar-refractivity contribution in [2.24, 2.45) is 0 Å². The van der Waals surface area contributed by atoms with Gasteiger partial charge in [-0.1, -0.05) is 26.7 Å². The molecule has 0 spiro atoms. The Morgan fingerprint density at radius 2 is 1.77 bits per heavy atom. The molecule has 0 aliphatic carbocycles. The van der Waals surface area contributed by atoms with Crippen LogP contribution in [0.1, 0.15) is 46.5 Å². The summed E-state index contributed by atoms with van der Waals surface area (Å²) in [5.74, 6) is 0. The van der Waals surface area contributed by atoms with Crippen molar-refractivity contribution in [2.45, 2.75) is 52.6 Å². The molecule has 0 aliphatic rings. The Labute approximate surface area is 82.9 Å². The van der Waals surface area contributed by atoms with Gasteiger partial charge in [0.1, 0.15) is 0 Å². The van der Waals surface area contributed by atoms with Gasteiger partial charge in [0, 0.05) is 6.54 Å². The maximum Gasteiger partial charge on any atom is 0.0639 e. The summed E-state index contributed by atoms with van der Waals surface area (Å²) in [6.07, 6.45) is 4.84. The first-order chi connectivity index (χ1) is 6.20. The fourth-order valence-corrected chi connectivity index (χ4v) is 1.57. The number of aliphatic hydroxyl groups excluding tert-OH is 1. The molecule has 1 N–H and O–H groups in total. The molecule has 0 bridgehead atoms. The molecule has 2 nitrogen and oxygen atoms in total. The Morgan fingerprint density at radius 3 is 2.23 bits per heavy atom. The van der Waals surface area contributed by atoms with Crippen LogP contribution >= 0.6 is 0 Å². The predicted octanol–water partition coefficient (Wildman–Crippen LogP) is 2.27. The first kappa shape index (κ1) is 12.9. The van der Waals surface area contributed by atoms with Crippen LogP contribution in [0.3, 0.4) is 0 Å². The van der Waals surface area contributed by atoms with Crippen LogP contribution < -0.4 is 0 Å². The molecule has 0 aromatic carbocycles. The number of hydrogen-bond acceptors (Lipinski definition) is 2. The number of nitrogens with zero attached hydrogens (tertiary/aromatic N) is 1. The summed E-state index contributed by atoms with van der Waals surface area (Å²) in [4.78, 5) is 2.36. The average molecular weight is 187 g/mol. The topological polar surface area (TPSA) is 23.5 Å². The molecule has 0 aliphatic heterocycles. The molecule has 13 heavy (non-hydrogen) atoms. The summed E-state index contributed by atoms with van der Waals surface area (Å²) < 4.78 is 0. The molecule has 0 aromatic heterocycles. The molecular weight excluding hydrogens is 162 g/mol. The summed E-state index contributed by atoms with van der Waals surface area (Å²) in [5, 5.41) is 9.26. The van der Waals surface area contributed by atoms with Crippen LogP contribution in [-0.4, -0.2) is 35.7 Å². The highest BCUT2D eigenvalue weighted by Gasteiger charge is 2.05. The van der Waals surface area contributed by atoms with Crippen LogP contribution in [0.4, 0.5) is 0 Å². The average Bonchev–Trinajstić information content (AvgIpc) is 2.04. The van der Waals surface area contributed by atoms with Crippen LogP contribution in [0.25, 0.3) is 0 Å². The predicted molar refractivity (Wildman–Crippen MR) is 57.9 cm³/mol. The van der Waals surface area contributed by atoms with E-state index >= 15 is 0 Å². The fourth-order valence-electron chi connectivity index (χ4n) is 1.57. The number of rotatable bonds is 8. The first-order valence-electron chi connectivity index (χ1n) is 5.61. The molecule has 0 aromatic rings. The van der Waals surface area contributed by atoms with Crippen LogP contribution in [0.2, 0.25) is 0 Å². The van der Waals surface area contributed by atoms with Crippen molar-refractivity contribution in [1.29, 1.82) is 0 Å². The van der Waals surface area contributed by atoms with Gasteiger partial charge in [0.25, 0.3) is 0 Å². The molecule has 0 amide bonds. The van der Waals surface area contributed by atoms with E-state index in [-0.39, 0.29) is 6.10 Å². The molecule has 0 heterocycles. The van der Waals surface area contributed by atoms with Crippen LogP contribution in [-0.2, 0) is 0 Å². The third-order valence-electron chi connectivity index (χ3n) is 2.14. The van der Waals surface area contributed by atoms with E-state index in [0.29, 0.717) is 0 Å². The van der Waals surface area contributed by atoms with Crippen molar-refractivity contribution in [2.75, 3.05) is 19.6 Å². The normalized spacial score (nSPS) is 13.6. The van der Waals surface area contributed by atoms with Crippen molar-refractivity contribution < 1.29 is 5.11 Å². The Bertz CT molecular complexity index is 104. The van der Waals surface area contributed by atoms with E-state index < -0.39 is 0 Å². The van der Waals surface area contributed by atoms with E-state index in [1.807, 2.05) is 6.92 Å². The first-order valence-corrected chi connectivity index (χ1v) is 5.61. The Hall–Kier alpha value is -0.0800. The number of unbranched alkanes of at least 4 members (excludes halogenated alkanes) is 2. The van der Waals surface area contributed by atoms with Gasteiger partial charge >= 0.3 is 0 Å². The lowest BCUT2D eigenvalue weighted by Crippen LogP contribution is -2.32. The van der Waals surface area contributed by atoms with Gasteiger partial charge in [-0.05, 0) is 32.9 Å². The molecule has 80 valence electrons. The van der Waals surface area contributed by atoms with Gasteiger partial charge < -0.3 is 10.0 Å². The molecule has 1 unspecified atom stereocenters. The minimum absolute atomic E-state index is 0.187. The zero-order chi connectivity index (χ0) is 10.1. The van der Waals surface area contributed by atoms with E-state index in [0.717, 1.165) is 19.6 Å². The second kappa shape index (κ2) is 8.52. The summed E-state index contributed by atoms with van der Waals surface area (Å²) in [6, 6.07) is 0. The van der Waals surface area contributed by atoms with Gasteiger partial charge in [-0.15, -0.1) is 0 Å². The molecule has 0 saturated carbocycles. The van der Waals surface area contributed by atoms with E-state index in [4.69, 9.17) is 0 Å². The lowest BCUT2D eigenvalue weighted by atomic mass is 10.2. The quantitative estimate of drug-likeness (QED) is 0.589. The Balaban J connectivity index is 3.53. The zero-order valence-corrected chi connectivity index (χ0v) is 9.42. The highest BCUT2D eigenvalue weighted by atomic mass is 16.3. The summed E-state index contributed by atoms with van der Waals surface area (Å²) in [6.45, 7) is 9.37. The lowest BCUT2D eigenvalue weighted by molar-refractivity contribution is 0.125. The largest absolute Gasteiger partial charge is 0.392 e. The summed E-state index contributed by atoms with van der Waals surface area (Å²) in [5.41, 5.74) is 0. The molecule has 0 radical (unpaired) electrons. The van der Waals surface area contributed by atoms with E-state index in [1.165, 1.54) is 25.7 Å². The van der Waals surface area contributed by atoms with Gasteiger partial charge in [-0.2, -0.15) is 0 Å². The Kier molecular flexibility index (Phi) is 8.46. The van der Waals surface area contributed by atoms with Gasteiger partial charge in [0.15, 0.2) is 0 Å². The van der Waals surface area contributed by atoms with E-state index in [1.54, 1.807) is 0 Å². The molecule has 1 atom stereocenters. The van der Waals surface area contributed by atoms with Crippen molar-refractivity contribution in [1.82, 2.24) is 4.90 Å². The summed E-state index contributed by atoms with van der Waals surface area (Å²) in [7, 11) is 0. The van der Waals surface area contributed by atoms with Crippen molar-refractivity contribution in [3.63, 3.8) is 0 Å². The zero-order valence-electron chi connectivity index (χ0n) is 9.42. The van der Waals surface area contributed by atoms with Crippen molar-refractivity contribution in [3.05, 3.63) is 0 Å². The third kappa shape index (κ3) is 8.26. The number of hydrogen-bond donors (Lipinski definition) is 1. The van der Waals surface area contributed by atoms with Gasteiger partial charge in [0.2, 0.25) is 0 Å². The monoisotopic (exact) mass is 187 g/mol. The van der Waals surface area contributed by atoms with Crippen molar-refractivity contribution >= 4 is 0 Å². The fraction of sp³-hybridized carbons (Fsp3) is 1.00. The maximum atomic E-state index is 9.26. The van der Waals surface area contributed by atoms with Gasteiger partial charge in [-0.3, -0.25) is 0 Å². The van der Waals surface area contributed by atoms with E-state index in [9.17, 15) is 5.11 Å². The van der Waals surface area contributed by atoms with Crippen molar-refractivity contribution in [3.8, 4) is 0 Å². The minimum atomic E-state index is -0.187. The Morgan fingerprint density at radius 1 is 1.08 bits per heavy atom. The molecule has 0 fully saturated rings. The second-order valence-electron chi connectivity index (χ2n) is 3.86. The second-order valence-corrected chi connectivity index (χ2v) is 3.86. The van der Waals surface area contributed by atoms with Gasteiger partial charge in [0.05, 0.1) is 6.10 Å². The van der Waals surface area contributed by atoms with Crippen LogP contribution in [0.15, 0.2) is 0 Å². The molecule has 2 heteroatoms. The summed E-state index contributed by atoms with van der Waals surface area (Å²) >= 11 is 0. The lowest BCUT2D eigenvalue weighted by Gasteiger charge is -2.22.